The molecular formula is C27H34FN5O3. The van der Waals surface area contributed by atoms with E-state index < -0.39 is 12.2 Å². The second-order valence-electron chi connectivity index (χ2n) is 9.58. The predicted octanol–water partition coefficient (Wildman–Crippen LogP) is 2.85. The Morgan fingerprint density at radius 3 is 2.44 bits per heavy atom. The van der Waals surface area contributed by atoms with Crippen LogP contribution in [0.3, 0.4) is 0 Å². The first-order valence-corrected chi connectivity index (χ1v) is 12.5. The lowest BCUT2D eigenvalue weighted by Gasteiger charge is -2.55. The van der Waals surface area contributed by atoms with Crippen LogP contribution in [-0.2, 0) is 22.6 Å². The normalized spacial score (nSPS) is 21.4. The van der Waals surface area contributed by atoms with Crippen molar-refractivity contribution in [3.8, 4) is 0 Å². The van der Waals surface area contributed by atoms with Crippen LogP contribution in [0.4, 0.5) is 9.18 Å². The molecule has 1 unspecified atom stereocenters. The Morgan fingerprint density at radius 1 is 1.08 bits per heavy atom. The molecule has 2 aromatic carbocycles. The maximum Gasteiger partial charge on any atom is 0.334 e. The van der Waals surface area contributed by atoms with Crippen molar-refractivity contribution in [3.63, 3.8) is 0 Å². The molecule has 2 aliphatic rings. The molecule has 36 heavy (non-hydrogen) atoms. The first kappa shape index (κ1) is 25.6. The number of urea groups is 1. The first-order chi connectivity index (χ1) is 17.3. The number of halogens is 1. The van der Waals surface area contributed by atoms with Crippen molar-refractivity contribution in [2.75, 3.05) is 26.7 Å². The summed E-state index contributed by atoms with van der Waals surface area (Å²) in [6, 6.07) is 14.9. The highest BCUT2D eigenvalue weighted by Crippen LogP contribution is 2.30. The summed E-state index contributed by atoms with van der Waals surface area (Å²) in [6.07, 6.45) is 0.802. The highest BCUT2D eigenvalue weighted by atomic mass is 19.1. The average molecular weight is 496 g/mol. The first-order valence-electron chi connectivity index (χ1n) is 12.5. The molecule has 0 spiro atoms. The van der Waals surface area contributed by atoms with Crippen LogP contribution in [0.5, 0.6) is 0 Å². The van der Waals surface area contributed by atoms with Gasteiger partial charge in [0.25, 0.3) is 0 Å². The molecule has 0 aliphatic carbocycles. The Hall–Kier alpha value is -3.46. The number of piperazine rings is 1. The van der Waals surface area contributed by atoms with Crippen molar-refractivity contribution in [2.45, 2.75) is 45.4 Å². The molecule has 0 saturated carbocycles. The van der Waals surface area contributed by atoms with E-state index in [1.165, 1.54) is 12.1 Å². The smallest absolute Gasteiger partial charge is 0.334 e. The number of fused-ring (bicyclic) bond motifs is 1. The Labute approximate surface area is 211 Å². The number of carbonyl (C=O) groups is 3. The largest absolute Gasteiger partial charge is 0.337 e. The molecule has 2 saturated heterocycles. The number of hydrogen-bond acceptors (Lipinski definition) is 4. The molecule has 1 N–H and O–H groups in total. The van der Waals surface area contributed by atoms with Gasteiger partial charge in [0.05, 0.1) is 13.1 Å². The van der Waals surface area contributed by atoms with E-state index in [4.69, 9.17) is 0 Å². The molecule has 8 nitrogen and oxygen atoms in total. The van der Waals surface area contributed by atoms with E-state index >= 15 is 0 Å². The Bertz CT molecular complexity index is 1080. The number of nitrogens with one attached hydrogen (secondary N) is 1. The summed E-state index contributed by atoms with van der Waals surface area (Å²) in [7, 11) is 1.70. The van der Waals surface area contributed by atoms with Crippen molar-refractivity contribution in [1.82, 2.24) is 25.1 Å². The fourth-order valence-electron chi connectivity index (χ4n) is 4.97. The quantitative estimate of drug-likeness (QED) is 0.641. The lowest BCUT2D eigenvalue weighted by molar-refractivity contribution is -0.190. The van der Waals surface area contributed by atoms with Crippen molar-refractivity contribution in [2.24, 2.45) is 5.92 Å². The third-order valence-electron chi connectivity index (χ3n) is 7.13. The number of nitrogens with zero attached hydrogens (tertiary/aromatic N) is 4. The Morgan fingerprint density at radius 2 is 1.78 bits per heavy atom. The number of benzene rings is 2. The van der Waals surface area contributed by atoms with Gasteiger partial charge in [0.2, 0.25) is 11.8 Å². The van der Waals surface area contributed by atoms with Gasteiger partial charge in [-0.1, -0.05) is 62.7 Å². The summed E-state index contributed by atoms with van der Waals surface area (Å²) in [5, 5.41) is 6.05. The topological polar surface area (TPSA) is 76.2 Å². The van der Waals surface area contributed by atoms with E-state index in [1.807, 2.05) is 44.2 Å². The van der Waals surface area contributed by atoms with Gasteiger partial charge in [-0.2, -0.15) is 0 Å². The van der Waals surface area contributed by atoms with Crippen molar-refractivity contribution >= 4 is 17.8 Å². The predicted molar refractivity (Wildman–Crippen MR) is 134 cm³/mol. The second kappa shape index (κ2) is 11.1. The number of amides is 4. The van der Waals surface area contributed by atoms with Crippen LogP contribution in [0.25, 0.3) is 0 Å². The molecule has 9 heteroatoms. The standard InChI is InChI=1S/C27H34FN5O3/c1-4-19(2)25-26(35)31(15-14-20-8-6-5-7-9-20)17-23-32(25)24(34)18-30(3)33(23)27(36)29-16-21-10-12-22(28)13-11-21/h5-13,19,23,25H,4,14-18H2,1-3H3,(H,29,36)/t19?,23-,25-/m0/s1. The van der Waals surface area contributed by atoms with Gasteiger partial charge in [-0.05, 0) is 35.6 Å². The number of hydrogen-bond donors (Lipinski definition) is 1. The lowest BCUT2D eigenvalue weighted by Crippen LogP contribution is -2.76. The highest BCUT2D eigenvalue weighted by Gasteiger charge is 2.51. The molecule has 0 aromatic heterocycles. The summed E-state index contributed by atoms with van der Waals surface area (Å²) in [5.74, 6) is -0.628. The molecule has 4 rings (SSSR count). The van der Waals surface area contributed by atoms with Crippen LogP contribution in [0, 0.1) is 11.7 Å². The minimum atomic E-state index is -0.627. The van der Waals surface area contributed by atoms with Crippen molar-refractivity contribution < 1.29 is 18.8 Å². The Balaban J connectivity index is 1.57. The molecule has 3 atom stereocenters. The van der Waals surface area contributed by atoms with E-state index in [-0.39, 0.29) is 49.2 Å². The van der Waals surface area contributed by atoms with Gasteiger partial charge in [-0.15, -0.1) is 0 Å². The summed E-state index contributed by atoms with van der Waals surface area (Å²) in [6.45, 7) is 4.94. The number of carbonyl (C=O) groups excluding carboxylic acids is 3. The fraction of sp³-hybridized carbons (Fsp3) is 0.444. The van der Waals surface area contributed by atoms with E-state index in [9.17, 15) is 18.8 Å². The van der Waals surface area contributed by atoms with Gasteiger partial charge < -0.3 is 15.1 Å². The molecule has 4 amide bonds. The van der Waals surface area contributed by atoms with Gasteiger partial charge in [-0.3, -0.25) is 9.59 Å². The highest BCUT2D eigenvalue weighted by molar-refractivity contribution is 5.91. The SMILES string of the molecule is CCC(C)[C@H]1C(=O)N(CCc2ccccc2)C[C@H]2N1C(=O)CN(C)N2C(=O)NCc1ccc(F)cc1. The Kier molecular flexibility index (Phi) is 7.88. The minimum Gasteiger partial charge on any atom is -0.337 e. The molecule has 0 bridgehead atoms. The van der Waals surface area contributed by atoms with E-state index in [1.54, 1.807) is 39.0 Å². The van der Waals surface area contributed by atoms with Gasteiger partial charge in [0, 0.05) is 20.1 Å². The van der Waals surface area contributed by atoms with E-state index in [0.29, 0.717) is 13.0 Å². The van der Waals surface area contributed by atoms with Crippen molar-refractivity contribution in [3.05, 3.63) is 71.5 Å². The lowest BCUT2D eigenvalue weighted by atomic mass is 9.92. The number of hydrazine groups is 1. The molecule has 192 valence electrons. The summed E-state index contributed by atoms with van der Waals surface area (Å²) in [4.78, 5) is 43.6. The van der Waals surface area contributed by atoms with Crippen LogP contribution in [0.15, 0.2) is 54.6 Å². The molecule has 0 radical (unpaired) electrons. The average Bonchev–Trinajstić information content (AvgIpc) is 2.87. The summed E-state index contributed by atoms with van der Waals surface area (Å²) >= 11 is 0. The zero-order valence-corrected chi connectivity index (χ0v) is 21.1. The van der Waals surface area contributed by atoms with Crippen LogP contribution < -0.4 is 5.32 Å². The van der Waals surface area contributed by atoms with Crippen LogP contribution >= 0.6 is 0 Å². The van der Waals surface area contributed by atoms with E-state index in [0.717, 1.165) is 17.5 Å². The van der Waals surface area contributed by atoms with Crippen LogP contribution in [0.2, 0.25) is 0 Å². The monoisotopic (exact) mass is 495 g/mol. The van der Waals surface area contributed by atoms with Gasteiger partial charge >= 0.3 is 6.03 Å². The molecule has 2 heterocycles. The zero-order valence-electron chi connectivity index (χ0n) is 21.1. The van der Waals surface area contributed by atoms with Gasteiger partial charge in [0.15, 0.2) is 0 Å². The third kappa shape index (κ3) is 5.36. The molecule has 2 fully saturated rings. The molecular weight excluding hydrogens is 461 g/mol. The minimum absolute atomic E-state index is 0.00466. The van der Waals surface area contributed by atoms with E-state index in [2.05, 4.69) is 5.32 Å². The van der Waals surface area contributed by atoms with Gasteiger partial charge in [-0.25, -0.2) is 19.2 Å². The van der Waals surface area contributed by atoms with Crippen LogP contribution in [0.1, 0.15) is 31.4 Å². The summed E-state index contributed by atoms with van der Waals surface area (Å²) < 4.78 is 13.2. The maximum atomic E-state index is 13.6. The third-order valence-corrected chi connectivity index (χ3v) is 7.13. The molecule has 2 aromatic rings. The van der Waals surface area contributed by atoms with Gasteiger partial charge in [0.1, 0.15) is 18.0 Å². The molecule has 2 aliphatic heterocycles. The number of rotatable bonds is 7. The maximum absolute atomic E-state index is 13.6. The number of likely N-dealkylation sites (N-methyl/N-ethyl adjacent to an activating group) is 1. The second-order valence-corrected chi connectivity index (χ2v) is 9.58. The van der Waals surface area contributed by atoms with Crippen LogP contribution in [-0.4, -0.2) is 76.6 Å². The van der Waals surface area contributed by atoms with Crippen molar-refractivity contribution in [1.29, 1.82) is 0 Å². The summed E-state index contributed by atoms with van der Waals surface area (Å²) in [5.41, 5.74) is 1.89. The fourth-order valence-corrected chi connectivity index (χ4v) is 4.97. The zero-order chi connectivity index (χ0) is 25.8.